The van der Waals surface area contributed by atoms with Crippen molar-refractivity contribution in [2.24, 2.45) is 0 Å². The smallest absolute Gasteiger partial charge is 0.148 e. The first kappa shape index (κ1) is 11.6. The molecular formula is C12H8FN3S2. The van der Waals surface area contributed by atoms with Crippen LogP contribution in [0.4, 0.5) is 4.39 Å². The summed E-state index contributed by atoms with van der Waals surface area (Å²) in [5.41, 5.74) is 1.55. The molecule has 0 radical (unpaired) electrons. The lowest BCUT2D eigenvalue weighted by Gasteiger charge is -1.95. The van der Waals surface area contributed by atoms with Gasteiger partial charge in [0.25, 0.3) is 0 Å². The summed E-state index contributed by atoms with van der Waals surface area (Å²) in [7, 11) is 0. The van der Waals surface area contributed by atoms with Crippen molar-refractivity contribution < 1.29 is 4.39 Å². The largest absolute Gasteiger partial charge is 0.231 e. The summed E-state index contributed by atoms with van der Waals surface area (Å²) < 4.78 is 13.2. The Morgan fingerprint density at radius 3 is 2.94 bits per heavy atom. The zero-order valence-electron chi connectivity index (χ0n) is 9.42. The highest BCUT2D eigenvalue weighted by Gasteiger charge is 2.11. The van der Waals surface area contributed by atoms with Crippen LogP contribution in [0.2, 0.25) is 0 Å². The molecule has 3 nitrogen and oxygen atoms in total. The van der Waals surface area contributed by atoms with Crippen LogP contribution in [0.5, 0.6) is 0 Å². The number of aromatic nitrogens is 3. The Bertz CT molecular complexity index is 711. The molecular weight excluding hydrogens is 269 g/mol. The number of fused-ring (bicyclic) bond motifs is 1. The lowest BCUT2D eigenvalue weighted by molar-refractivity contribution is 0.628. The molecule has 18 heavy (non-hydrogen) atoms. The van der Waals surface area contributed by atoms with Gasteiger partial charge in [0, 0.05) is 5.56 Å². The number of hydrogen-bond donors (Lipinski definition) is 0. The van der Waals surface area contributed by atoms with Crippen molar-refractivity contribution >= 4 is 33.4 Å². The van der Waals surface area contributed by atoms with Gasteiger partial charge in [-0.05, 0) is 18.4 Å². The van der Waals surface area contributed by atoms with E-state index in [0.717, 1.165) is 25.9 Å². The molecule has 3 aromatic rings. The van der Waals surface area contributed by atoms with E-state index in [1.165, 1.54) is 41.6 Å². The molecule has 0 amide bonds. The van der Waals surface area contributed by atoms with Crippen LogP contribution in [0, 0.1) is 5.82 Å². The Labute approximate surface area is 111 Å². The molecule has 0 fully saturated rings. The van der Waals surface area contributed by atoms with E-state index in [9.17, 15) is 4.39 Å². The maximum absolute atomic E-state index is 13.2. The molecule has 2 heterocycles. The topological polar surface area (TPSA) is 38.7 Å². The van der Waals surface area contributed by atoms with Crippen LogP contribution in [0.15, 0.2) is 35.6 Å². The van der Waals surface area contributed by atoms with Gasteiger partial charge < -0.3 is 0 Å². The molecule has 90 valence electrons. The Kier molecular flexibility index (Phi) is 2.97. The third kappa shape index (κ3) is 1.97. The lowest BCUT2D eigenvalue weighted by Crippen LogP contribution is -1.83. The molecule has 2 aromatic heterocycles. The maximum atomic E-state index is 13.2. The molecule has 0 spiro atoms. The van der Waals surface area contributed by atoms with Gasteiger partial charge in [-0.3, -0.25) is 0 Å². The maximum Gasteiger partial charge on any atom is 0.148 e. The predicted octanol–water partition coefficient (Wildman–Crippen LogP) is 3.61. The zero-order valence-corrected chi connectivity index (χ0v) is 11.1. The fraction of sp³-hybridized carbons (Fsp3) is 0.0833. The summed E-state index contributed by atoms with van der Waals surface area (Å²) in [5, 5.41) is 1.61. The Morgan fingerprint density at radius 2 is 2.17 bits per heavy atom. The summed E-state index contributed by atoms with van der Waals surface area (Å²) in [5.74, 6) is -0.261. The first-order valence-electron chi connectivity index (χ1n) is 5.19. The molecule has 1 aromatic carbocycles. The average Bonchev–Trinajstić information content (AvgIpc) is 2.82. The monoisotopic (exact) mass is 277 g/mol. The molecule has 0 N–H and O–H groups in total. The molecule has 3 rings (SSSR count). The SMILES string of the molecule is CSc1ncnc2sc(-c3cccc(F)c3)nc12. The van der Waals surface area contributed by atoms with Crippen molar-refractivity contribution in [2.45, 2.75) is 5.03 Å². The van der Waals surface area contributed by atoms with E-state index in [2.05, 4.69) is 15.0 Å². The van der Waals surface area contributed by atoms with E-state index >= 15 is 0 Å². The van der Waals surface area contributed by atoms with Gasteiger partial charge in [0.15, 0.2) is 0 Å². The molecule has 0 bridgehead atoms. The van der Waals surface area contributed by atoms with Gasteiger partial charge in [-0.2, -0.15) is 0 Å². The molecule has 6 heteroatoms. The third-order valence-corrected chi connectivity index (χ3v) is 4.12. The molecule has 0 aliphatic rings. The number of thioether (sulfide) groups is 1. The number of thiazole rings is 1. The van der Waals surface area contributed by atoms with Crippen molar-refractivity contribution in [1.82, 2.24) is 15.0 Å². The van der Waals surface area contributed by atoms with Crippen LogP contribution in [0.3, 0.4) is 0 Å². The molecule has 0 saturated carbocycles. The van der Waals surface area contributed by atoms with Crippen molar-refractivity contribution in [1.29, 1.82) is 0 Å². The number of benzene rings is 1. The zero-order chi connectivity index (χ0) is 12.5. The van der Waals surface area contributed by atoms with E-state index in [0.29, 0.717) is 0 Å². The Morgan fingerprint density at radius 1 is 1.28 bits per heavy atom. The first-order valence-corrected chi connectivity index (χ1v) is 7.23. The second kappa shape index (κ2) is 4.62. The summed E-state index contributed by atoms with van der Waals surface area (Å²) in [4.78, 5) is 13.7. The standard InChI is InChI=1S/C12H8FN3S2/c1-17-11-9-12(15-6-14-11)18-10(16-9)7-3-2-4-8(13)5-7/h2-6H,1H3. The minimum Gasteiger partial charge on any atom is -0.231 e. The van der Waals surface area contributed by atoms with Crippen LogP contribution < -0.4 is 0 Å². The van der Waals surface area contributed by atoms with Gasteiger partial charge in [-0.15, -0.1) is 11.8 Å². The van der Waals surface area contributed by atoms with Crippen LogP contribution in [-0.4, -0.2) is 21.2 Å². The van der Waals surface area contributed by atoms with E-state index in [1.807, 2.05) is 12.3 Å². The number of rotatable bonds is 2. The fourth-order valence-corrected chi connectivity index (χ4v) is 3.08. The van der Waals surface area contributed by atoms with E-state index in [4.69, 9.17) is 0 Å². The van der Waals surface area contributed by atoms with Crippen LogP contribution in [-0.2, 0) is 0 Å². The van der Waals surface area contributed by atoms with Crippen LogP contribution in [0.1, 0.15) is 0 Å². The van der Waals surface area contributed by atoms with Crippen molar-refractivity contribution in [3.8, 4) is 10.6 Å². The van der Waals surface area contributed by atoms with Gasteiger partial charge in [0.2, 0.25) is 0 Å². The minimum absolute atomic E-state index is 0.261. The average molecular weight is 277 g/mol. The first-order chi connectivity index (χ1) is 8.78. The van der Waals surface area contributed by atoms with E-state index < -0.39 is 0 Å². The van der Waals surface area contributed by atoms with Gasteiger partial charge in [-0.1, -0.05) is 23.5 Å². The highest BCUT2D eigenvalue weighted by atomic mass is 32.2. The second-order valence-electron chi connectivity index (χ2n) is 3.57. The van der Waals surface area contributed by atoms with Crippen molar-refractivity contribution in [3.05, 3.63) is 36.4 Å². The molecule has 0 atom stereocenters. The highest BCUT2D eigenvalue weighted by Crippen LogP contribution is 2.32. The van der Waals surface area contributed by atoms with Crippen molar-refractivity contribution in [2.75, 3.05) is 6.26 Å². The lowest BCUT2D eigenvalue weighted by atomic mass is 10.2. The normalized spacial score (nSPS) is 11.0. The fourth-order valence-electron chi connectivity index (χ4n) is 1.63. The van der Waals surface area contributed by atoms with Gasteiger partial charge >= 0.3 is 0 Å². The summed E-state index contributed by atoms with van der Waals surface area (Å²) in [6.07, 6.45) is 3.48. The number of hydrogen-bond acceptors (Lipinski definition) is 5. The minimum atomic E-state index is -0.261. The van der Waals surface area contributed by atoms with Gasteiger partial charge in [0.1, 0.15) is 32.5 Å². The van der Waals surface area contributed by atoms with Gasteiger partial charge in [0.05, 0.1) is 0 Å². The van der Waals surface area contributed by atoms with E-state index in [1.54, 1.807) is 6.07 Å². The number of halogens is 1. The second-order valence-corrected chi connectivity index (χ2v) is 5.34. The van der Waals surface area contributed by atoms with E-state index in [-0.39, 0.29) is 5.82 Å². The number of nitrogens with zero attached hydrogens (tertiary/aromatic N) is 3. The van der Waals surface area contributed by atoms with Gasteiger partial charge in [-0.25, -0.2) is 19.3 Å². The highest BCUT2D eigenvalue weighted by molar-refractivity contribution is 7.98. The summed E-state index contributed by atoms with van der Waals surface area (Å²) >= 11 is 2.98. The van der Waals surface area contributed by atoms with Crippen LogP contribution >= 0.6 is 23.1 Å². The van der Waals surface area contributed by atoms with Crippen molar-refractivity contribution in [3.63, 3.8) is 0 Å². The Hall–Kier alpha value is -1.53. The third-order valence-electron chi connectivity index (χ3n) is 2.43. The quantitative estimate of drug-likeness (QED) is 0.530. The molecule has 0 aliphatic carbocycles. The van der Waals surface area contributed by atoms with Crippen LogP contribution in [0.25, 0.3) is 20.9 Å². The summed E-state index contributed by atoms with van der Waals surface area (Å²) in [6, 6.07) is 6.42. The predicted molar refractivity (Wildman–Crippen MR) is 72.4 cm³/mol. The molecule has 0 saturated heterocycles. The molecule has 0 unspecified atom stereocenters. The molecule has 0 aliphatic heterocycles. The summed E-state index contributed by atoms with van der Waals surface area (Å²) in [6.45, 7) is 0. The Balaban J connectivity index is 2.19.